The van der Waals surface area contributed by atoms with Crippen molar-refractivity contribution < 1.29 is 9.21 Å². The van der Waals surface area contributed by atoms with E-state index in [0.717, 1.165) is 25.3 Å². The minimum absolute atomic E-state index is 0.0759. The van der Waals surface area contributed by atoms with Gasteiger partial charge in [-0.05, 0) is 38.2 Å². The molecule has 0 aliphatic heterocycles. The van der Waals surface area contributed by atoms with Gasteiger partial charge < -0.3 is 14.2 Å². The molecule has 1 amide bonds. The van der Waals surface area contributed by atoms with Gasteiger partial charge in [0, 0.05) is 31.5 Å². The molecule has 2 atom stereocenters. The summed E-state index contributed by atoms with van der Waals surface area (Å²) >= 11 is 0. The van der Waals surface area contributed by atoms with E-state index in [1.54, 1.807) is 6.26 Å². The fraction of sp³-hybridized carbons (Fsp3) is 0.421. The Labute approximate surface area is 137 Å². The van der Waals surface area contributed by atoms with Gasteiger partial charge in [-0.25, -0.2) is 0 Å². The summed E-state index contributed by atoms with van der Waals surface area (Å²) in [5.41, 5.74) is 1.18. The van der Waals surface area contributed by atoms with Crippen LogP contribution in [0.2, 0.25) is 0 Å². The monoisotopic (exact) mass is 312 g/mol. The molecule has 0 N–H and O–H groups in total. The average Bonchev–Trinajstić information content (AvgIpc) is 3.16. The second kappa shape index (κ2) is 7.01. The number of carbonyl (C=O) groups is 1. The second-order valence-electron chi connectivity index (χ2n) is 6.51. The molecule has 2 aromatic rings. The lowest BCUT2D eigenvalue weighted by Crippen LogP contribution is -2.37. The van der Waals surface area contributed by atoms with Gasteiger partial charge in [-0.2, -0.15) is 0 Å². The summed E-state index contributed by atoms with van der Waals surface area (Å²) in [6.45, 7) is 2.30. The Morgan fingerprint density at radius 2 is 1.91 bits per heavy atom. The largest absolute Gasteiger partial charge is 0.469 e. The standard InChI is InChI=1S/C19H24N2O2/c1-20(2)10-11-21(14-15-7-4-3-5-8-15)19(22)17-13-16(17)18-9-6-12-23-18/h3-9,12,16-17H,10-11,13-14H2,1-2H3. The molecule has 1 heterocycles. The predicted molar refractivity (Wildman–Crippen MR) is 90.0 cm³/mol. The maximum atomic E-state index is 12.9. The van der Waals surface area contributed by atoms with Crippen molar-refractivity contribution in [3.05, 3.63) is 60.1 Å². The molecule has 0 radical (unpaired) electrons. The summed E-state index contributed by atoms with van der Waals surface area (Å²) in [7, 11) is 4.07. The molecule has 1 aliphatic rings. The molecule has 1 aliphatic carbocycles. The number of benzene rings is 1. The molecule has 4 heteroatoms. The van der Waals surface area contributed by atoms with Crippen LogP contribution in [-0.2, 0) is 11.3 Å². The number of furan rings is 1. The molecule has 1 fully saturated rings. The first-order valence-corrected chi connectivity index (χ1v) is 8.16. The van der Waals surface area contributed by atoms with Crippen molar-refractivity contribution in [3.8, 4) is 0 Å². The maximum Gasteiger partial charge on any atom is 0.226 e. The molecule has 3 rings (SSSR count). The van der Waals surface area contributed by atoms with E-state index in [4.69, 9.17) is 4.42 Å². The molecule has 1 saturated carbocycles. The molecule has 0 saturated heterocycles. The first-order valence-electron chi connectivity index (χ1n) is 8.16. The Morgan fingerprint density at radius 1 is 1.13 bits per heavy atom. The first kappa shape index (κ1) is 15.8. The van der Waals surface area contributed by atoms with Crippen molar-refractivity contribution in [2.24, 2.45) is 5.92 Å². The molecule has 2 unspecified atom stereocenters. The lowest BCUT2D eigenvalue weighted by molar-refractivity contribution is -0.133. The number of hydrogen-bond donors (Lipinski definition) is 0. The van der Waals surface area contributed by atoms with Crippen molar-refractivity contribution in [3.63, 3.8) is 0 Å². The maximum absolute atomic E-state index is 12.9. The van der Waals surface area contributed by atoms with Gasteiger partial charge in [-0.1, -0.05) is 30.3 Å². The lowest BCUT2D eigenvalue weighted by Gasteiger charge is -2.25. The van der Waals surface area contributed by atoms with Crippen LogP contribution >= 0.6 is 0 Å². The van der Waals surface area contributed by atoms with Crippen molar-refractivity contribution in [1.82, 2.24) is 9.80 Å². The third kappa shape index (κ3) is 4.02. The van der Waals surface area contributed by atoms with E-state index >= 15 is 0 Å². The van der Waals surface area contributed by atoms with E-state index in [-0.39, 0.29) is 17.7 Å². The highest BCUT2D eigenvalue weighted by Crippen LogP contribution is 2.48. The Hall–Kier alpha value is -2.07. The normalized spacial score (nSPS) is 19.8. The Kier molecular flexibility index (Phi) is 4.82. The van der Waals surface area contributed by atoms with Gasteiger partial charge in [-0.15, -0.1) is 0 Å². The lowest BCUT2D eigenvalue weighted by atomic mass is 10.2. The summed E-state index contributed by atoms with van der Waals surface area (Å²) in [6, 6.07) is 14.1. The van der Waals surface area contributed by atoms with E-state index in [1.165, 1.54) is 5.56 Å². The van der Waals surface area contributed by atoms with E-state index in [9.17, 15) is 4.79 Å². The van der Waals surface area contributed by atoms with Gasteiger partial charge in [0.2, 0.25) is 5.91 Å². The fourth-order valence-corrected chi connectivity index (χ4v) is 2.91. The topological polar surface area (TPSA) is 36.7 Å². The molecule has 122 valence electrons. The smallest absolute Gasteiger partial charge is 0.226 e. The number of likely N-dealkylation sites (N-methyl/N-ethyl adjacent to an activating group) is 1. The Morgan fingerprint density at radius 3 is 2.57 bits per heavy atom. The number of hydrogen-bond acceptors (Lipinski definition) is 3. The van der Waals surface area contributed by atoms with Gasteiger partial charge in [-0.3, -0.25) is 4.79 Å². The zero-order valence-corrected chi connectivity index (χ0v) is 13.8. The van der Waals surface area contributed by atoms with Crippen LogP contribution < -0.4 is 0 Å². The van der Waals surface area contributed by atoms with Crippen LogP contribution in [0.25, 0.3) is 0 Å². The second-order valence-corrected chi connectivity index (χ2v) is 6.51. The third-order valence-corrected chi connectivity index (χ3v) is 4.36. The van der Waals surface area contributed by atoms with Crippen LogP contribution in [0.15, 0.2) is 53.1 Å². The molecular formula is C19H24N2O2. The summed E-state index contributed by atoms with van der Waals surface area (Å²) in [4.78, 5) is 17.0. The molecular weight excluding hydrogens is 288 g/mol. The highest BCUT2D eigenvalue weighted by atomic mass is 16.3. The molecule has 23 heavy (non-hydrogen) atoms. The number of amides is 1. The fourth-order valence-electron chi connectivity index (χ4n) is 2.91. The minimum Gasteiger partial charge on any atom is -0.469 e. The first-order chi connectivity index (χ1) is 11.1. The van der Waals surface area contributed by atoms with Crippen LogP contribution in [0, 0.1) is 5.92 Å². The average molecular weight is 312 g/mol. The van der Waals surface area contributed by atoms with Crippen LogP contribution in [0.4, 0.5) is 0 Å². The van der Waals surface area contributed by atoms with E-state index in [0.29, 0.717) is 6.54 Å². The van der Waals surface area contributed by atoms with Crippen LogP contribution in [0.5, 0.6) is 0 Å². The van der Waals surface area contributed by atoms with Gasteiger partial charge in [0.15, 0.2) is 0 Å². The quantitative estimate of drug-likeness (QED) is 0.788. The van der Waals surface area contributed by atoms with Gasteiger partial charge in [0.25, 0.3) is 0 Å². The van der Waals surface area contributed by atoms with Crippen molar-refractivity contribution >= 4 is 5.91 Å². The van der Waals surface area contributed by atoms with Gasteiger partial charge in [0.05, 0.1) is 6.26 Å². The number of nitrogens with zero attached hydrogens (tertiary/aromatic N) is 2. The summed E-state index contributed by atoms with van der Waals surface area (Å²) in [5.74, 6) is 1.52. The van der Waals surface area contributed by atoms with Crippen LogP contribution in [0.1, 0.15) is 23.7 Å². The molecule has 0 bridgehead atoms. The number of rotatable bonds is 7. The van der Waals surface area contributed by atoms with Crippen LogP contribution in [0.3, 0.4) is 0 Å². The van der Waals surface area contributed by atoms with Crippen molar-refractivity contribution in [1.29, 1.82) is 0 Å². The minimum atomic E-state index is 0.0759. The zero-order valence-electron chi connectivity index (χ0n) is 13.8. The SMILES string of the molecule is CN(C)CCN(Cc1ccccc1)C(=O)C1CC1c1ccco1. The molecule has 1 aromatic carbocycles. The summed E-state index contributed by atoms with van der Waals surface area (Å²) in [5, 5.41) is 0. The van der Waals surface area contributed by atoms with Crippen molar-refractivity contribution in [2.45, 2.75) is 18.9 Å². The predicted octanol–water partition coefficient (Wildman–Crippen LogP) is 2.97. The van der Waals surface area contributed by atoms with E-state index in [2.05, 4.69) is 17.0 Å². The zero-order chi connectivity index (χ0) is 16.2. The summed E-state index contributed by atoms with van der Waals surface area (Å²) < 4.78 is 5.46. The van der Waals surface area contributed by atoms with E-state index < -0.39 is 0 Å². The molecule has 1 aromatic heterocycles. The summed E-state index contributed by atoms with van der Waals surface area (Å²) in [6.07, 6.45) is 2.59. The third-order valence-electron chi connectivity index (χ3n) is 4.36. The van der Waals surface area contributed by atoms with Crippen LogP contribution in [-0.4, -0.2) is 42.9 Å². The number of carbonyl (C=O) groups excluding carboxylic acids is 1. The molecule has 0 spiro atoms. The van der Waals surface area contributed by atoms with Gasteiger partial charge >= 0.3 is 0 Å². The van der Waals surface area contributed by atoms with Gasteiger partial charge in [0.1, 0.15) is 5.76 Å². The van der Waals surface area contributed by atoms with Crippen molar-refractivity contribution in [2.75, 3.05) is 27.2 Å². The Balaban J connectivity index is 1.66. The highest BCUT2D eigenvalue weighted by Gasteiger charge is 2.47. The molecule has 4 nitrogen and oxygen atoms in total. The van der Waals surface area contributed by atoms with E-state index in [1.807, 2.05) is 49.3 Å². The highest BCUT2D eigenvalue weighted by molar-refractivity contribution is 5.82. The Bertz CT molecular complexity index is 622.